The number of hydrogen-bond acceptors (Lipinski definition) is 4. The fourth-order valence-electron chi connectivity index (χ4n) is 1.64. The van der Waals surface area contributed by atoms with Crippen molar-refractivity contribution in [2.75, 3.05) is 19.6 Å². The van der Waals surface area contributed by atoms with Crippen LogP contribution in [0.5, 0.6) is 0 Å². The molecule has 3 N–H and O–H groups in total. The van der Waals surface area contributed by atoms with E-state index in [1.165, 1.54) is 0 Å². The molecule has 1 saturated heterocycles. The first-order valence-electron chi connectivity index (χ1n) is 4.91. The maximum atomic E-state index is 9.37. The molecule has 0 aromatic heterocycles. The third-order valence-electron chi connectivity index (χ3n) is 2.51. The monoisotopic (exact) mass is 189 g/mol. The van der Waals surface area contributed by atoms with Crippen LogP contribution in [0.4, 0.5) is 0 Å². The zero-order chi connectivity index (χ0) is 9.84. The van der Waals surface area contributed by atoms with Gasteiger partial charge < -0.3 is 15.3 Å². The van der Waals surface area contributed by atoms with Gasteiger partial charge in [0.25, 0.3) is 0 Å². The molecule has 78 valence electrons. The summed E-state index contributed by atoms with van der Waals surface area (Å²) in [7, 11) is 0. The number of rotatable bonds is 3. The van der Waals surface area contributed by atoms with Gasteiger partial charge in [-0.3, -0.25) is 4.90 Å². The van der Waals surface area contributed by atoms with E-state index in [0.717, 1.165) is 19.4 Å². The molecule has 13 heavy (non-hydrogen) atoms. The number of unbranched alkanes of at least 4 members (excludes halogenated alkanes) is 1. The fourth-order valence-corrected chi connectivity index (χ4v) is 1.64. The summed E-state index contributed by atoms with van der Waals surface area (Å²) in [6.45, 7) is 3.93. The summed E-state index contributed by atoms with van der Waals surface area (Å²) in [4.78, 5) is 1.99. The Kier molecular flexibility index (Phi) is 4.12. The molecule has 0 aromatic rings. The minimum absolute atomic E-state index is 0.470. The van der Waals surface area contributed by atoms with Crippen LogP contribution >= 0.6 is 0 Å². The summed E-state index contributed by atoms with van der Waals surface area (Å²) in [5, 5.41) is 28.0. The van der Waals surface area contributed by atoms with E-state index in [4.69, 9.17) is 0 Å². The fraction of sp³-hybridized carbons (Fsp3) is 1.00. The Morgan fingerprint density at radius 2 is 1.69 bits per heavy atom. The highest BCUT2D eigenvalue weighted by atomic mass is 16.4. The molecule has 4 nitrogen and oxygen atoms in total. The Bertz CT molecular complexity index is 142. The molecule has 1 aliphatic heterocycles. The van der Waals surface area contributed by atoms with E-state index in [0.29, 0.717) is 13.1 Å². The molecule has 3 atom stereocenters. The van der Waals surface area contributed by atoms with Crippen molar-refractivity contribution in [3.63, 3.8) is 0 Å². The average molecular weight is 189 g/mol. The topological polar surface area (TPSA) is 63.9 Å². The molecule has 0 aromatic carbocycles. The second-order valence-electron chi connectivity index (χ2n) is 3.74. The van der Waals surface area contributed by atoms with Crippen LogP contribution in [-0.4, -0.2) is 58.2 Å². The van der Waals surface area contributed by atoms with Crippen LogP contribution in [0.25, 0.3) is 0 Å². The van der Waals surface area contributed by atoms with Gasteiger partial charge >= 0.3 is 0 Å². The highest BCUT2D eigenvalue weighted by Crippen LogP contribution is 2.12. The van der Waals surface area contributed by atoms with Gasteiger partial charge in [-0.05, 0) is 13.0 Å². The van der Waals surface area contributed by atoms with Crippen LogP contribution in [0.15, 0.2) is 0 Å². The maximum absolute atomic E-state index is 9.37. The summed E-state index contributed by atoms with van der Waals surface area (Å²) >= 11 is 0. The Morgan fingerprint density at radius 1 is 1.15 bits per heavy atom. The largest absolute Gasteiger partial charge is 0.389 e. The lowest BCUT2D eigenvalue weighted by Gasteiger charge is -2.36. The van der Waals surface area contributed by atoms with E-state index < -0.39 is 18.3 Å². The SMILES string of the molecule is CCCCN1C[C@@H](O)[C@@H](O)[C@@H](O)C1. The number of piperidine rings is 1. The van der Waals surface area contributed by atoms with Gasteiger partial charge in [-0.25, -0.2) is 0 Å². The number of hydrogen-bond donors (Lipinski definition) is 3. The predicted octanol–water partition coefficient (Wildman–Crippen LogP) is -0.815. The Balaban J connectivity index is 2.35. The van der Waals surface area contributed by atoms with E-state index in [-0.39, 0.29) is 0 Å². The van der Waals surface area contributed by atoms with Gasteiger partial charge in [-0.2, -0.15) is 0 Å². The zero-order valence-corrected chi connectivity index (χ0v) is 8.06. The Morgan fingerprint density at radius 3 is 2.15 bits per heavy atom. The molecular weight excluding hydrogens is 170 g/mol. The van der Waals surface area contributed by atoms with Crippen molar-refractivity contribution < 1.29 is 15.3 Å². The molecule has 0 saturated carbocycles. The molecule has 1 heterocycles. The van der Waals surface area contributed by atoms with Gasteiger partial charge in [0.05, 0.1) is 12.2 Å². The minimum atomic E-state index is -0.974. The number of aliphatic hydroxyl groups is 3. The van der Waals surface area contributed by atoms with Crippen LogP contribution in [0.3, 0.4) is 0 Å². The van der Waals surface area contributed by atoms with Crippen molar-refractivity contribution in [2.45, 2.75) is 38.1 Å². The molecule has 0 bridgehead atoms. The van der Waals surface area contributed by atoms with Crippen molar-refractivity contribution in [1.29, 1.82) is 0 Å². The van der Waals surface area contributed by atoms with E-state index in [9.17, 15) is 15.3 Å². The second kappa shape index (κ2) is 4.91. The molecule has 0 unspecified atom stereocenters. The van der Waals surface area contributed by atoms with Crippen molar-refractivity contribution in [1.82, 2.24) is 4.90 Å². The molecule has 0 spiro atoms. The molecule has 1 aliphatic rings. The minimum Gasteiger partial charge on any atom is -0.389 e. The van der Waals surface area contributed by atoms with Gasteiger partial charge in [0.2, 0.25) is 0 Å². The van der Waals surface area contributed by atoms with Crippen molar-refractivity contribution in [2.24, 2.45) is 0 Å². The molecule has 4 heteroatoms. The average Bonchev–Trinajstić information content (AvgIpc) is 2.10. The summed E-state index contributed by atoms with van der Waals surface area (Å²) in [6, 6.07) is 0. The van der Waals surface area contributed by atoms with E-state index in [2.05, 4.69) is 6.92 Å². The van der Waals surface area contributed by atoms with Crippen LogP contribution in [-0.2, 0) is 0 Å². The normalized spacial score (nSPS) is 36.5. The molecular formula is C9H19NO3. The van der Waals surface area contributed by atoms with Crippen molar-refractivity contribution >= 4 is 0 Å². The van der Waals surface area contributed by atoms with Gasteiger partial charge in [0, 0.05) is 13.1 Å². The van der Waals surface area contributed by atoms with E-state index in [1.807, 2.05) is 4.90 Å². The van der Waals surface area contributed by atoms with Gasteiger partial charge in [0.15, 0.2) is 0 Å². The van der Waals surface area contributed by atoms with E-state index >= 15 is 0 Å². The van der Waals surface area contributed by atoms with E-state index in [1.54, 1.807) is 0 Å². The highest BCUT2D eigenvalue weighted by molar-refractivity contribution is 4.85. The van der Waals surface area contributed by atoms with Crippen molar-refractivity contribution in [3.8, 4) is 0 Å². The number of aliphatic hydroxyl groups excluding tert-OH is 3. The standard InChI is InChI=1S/C9H19NO3/c1-2-3-4-10-5-7(11)9(13)8(12)6-10/h7-9,11-13H,2-6H2,1H3/t7-,8+,9-. The molecule has 1 rings (SSSR count). The summed E-state index contributed by atoms with van der Waals surface area (Å²) < 4.78 is 0. The first-order chi connectivity index (χ1) is 6.15. The molecule has 0 aliphatic carbocycles. The van der Waals surface area contributed by atoms with Gasteiger partial charge in [0.1, 0.15) is 6.10 Å². The second-order valence-corrected chi connectivity index (χ2v) is 3.74. The lowest BCUT2D eigenvalue weighted by molar-refractivity contribution is -0.109. The first-order valence-corrected chi connectivity index (χ1v) is 4.91. The van der Waals surface area contributed by atoms with Crippen LogP contribution in [0.2, 0.25) is 0 Å². The predicted molar refractivity (Wildman–Crippen MR) is 49.4 cm³/mol. The zero-order valence-electron chi connectivity index (χ0n) is 8.06. The summed E-state index contributed by atoms with van der Waals surface area (Å²) in [5.41, 5.74) is 0. The number of likely N-dealkylation sites (tertiary alicyclic amines) is 1. The molecule has 1 fully saturated rings. The third kappa shape index (κ3) is 2.91. The lowest BCUT2D eigenvalue weighted by atomic mass is 10.0. The Hall–Kier alpha value is -0.160. The number of β-amino-alcohol motifs (C(OH)–C–C–N with tert-alkyl or cyclic N) is 2. The van der Waals surface area contributed by atoms with Gasteiger partial charge in [-0.1, -0.05) is 13.3 Å². The quantitative estimate of drug-likeness (QED) is 0.543. The lowest BCUT2D eigenvalue weighted by Crippen LogP contribution is -2.55. The number of nitrogens with zero attached hydrogens (tertiary/aromatic N) is 1. The van der Waals surface area contributed by atoms with Gasteiger partial charge in [-0.15, -0.1) is 0 Å². The van der Waals surface area contributed by atoms with Crippen LogP contribution in [0, 0.1) is 0 Å². The highest BCUT2D eigenvalue weighted by Gasteiger charge is 2.32. The smallest absolute Gasteiger partial charge is 0.108 e. The molecule has 0 amide bonds. The third-order valence-corrected chi connectivity index (χ3v) is 2.51. The summed E-state index contributed by atoms with van der Waals surface area (Å²) in [6.07, 6.45) is -0.417. The molecule has 0 radical (unpaired) electrons. The maximum Gasteiger partial charge on any atom is 0.108 e. The van der Waals surface area contributed by atoms with Crippen LogP contribution < -0.4 is 0 Å². The summed E-state index contributed by atoms with van der Waals surface area (Å²) in [5.74, 6) is 0. The Labute approximate surface area is 78.8 Å². The van der Waals surface area contributed by atoms with Crippen LogP contribution in [0.1, 0.15) is 19.8 Å². The van der Waals surface area contributed by atoms with Crippen molar-refractivity contribution in [3.05, 3.63) is 0 Å². The first kappa shape index (κ1) is 10.9.